The third-order valence-corrected chi connectivity index (χ3v) is 7.95. The van der Waals surface area contributed by atoms with E-state index in [9.17, 15) is 19.2 Å². The second-order valence-electron chi connectivity index (χ2n) is 9.95. The second kappa shape index (κ2) is 11.6. The van der Waals surface area contributed by atoms with Crippen molar-refractivity contribution in [2.24, 2.45) is 5.92 Å². The van der Waals surface area contributed by atoms with E-state index < -0.39 is 5.91 Å². The molecule has 2 unspecified atom stereocenters. The van der Waals surface area contributed by atoms with Crippen molar-refractivity contribution in [2.75, 3.05) is 50.8 Å². The first kappa shape index (κ1) is 26.2. The van der Waals surface area contributed by atoms with Gasteiger partial charge in [0, 0.05) is 43.7 Å². The number of benzene rings is 1. The first-order valence-corrected chi connectivity index (χ1v) is 13.4. The molecule has 0 radical (unpaired) electrons. The van der Waals surface area contributed by atoms with E-state index in [4.69, 9.17) is 16.3 Å². The van der Waals surface area contributed by atoms with Crippen molar-refractivity contribution >= 4 is 41.0 Å². The van der Waals surface area contributed by atoms with Crippen LogP contribution in [0.25, 0.3) is 0 Å². The van der Waals surface area contributed by atoms with Crippen LogP contribution in [0, 0.1) is 5.92 Å². The Morgan fingerprint density at radius 1 is 1.05 bits per heavy atom. The number of piperidine rings is 1. The van der Waals surface area contributed by atoms with Crippen LogP contribution in [0.5, 0.6) is 0 Å². The molecule has 1 aliphatic carbocycles. The molecule has 38 heavy (non-hydrogen) atoms. The number of rotatable bonds is 5. The average molecular weight is 542 g/mol. The normalized spacial score (nSPS) is 24.1. The van der Waals surface area contributed by atoms with E-state index in [-0.39, 0.29) is 48.1 Å². The topological polar surface area (TPSA) is 111 Å². The third-order valence-electron chi connectivity index (χ3n) is 7.65. The molecule has 3 heterocycles. The van der Waals surface area contributed by atoms with Gasteiger partial charge in [0.1, 0.15) is 6.61 Å². The van der Waals surface area contributed by atoms with Crippen molar-refractivity contribution < 1.29 is 23.9 Å². The number of nitrogens with zero attached hydrogens (tertiary/aromatic N) is 3. The lowest BCUT2D eigenvalue weighted by Crippen LogP contribution is -2.52. The highest BCUT2D eigenvalue weighted by Crippen LogP contribution is 2.28. The number of likely N-dealkylation sites (tertiary alicyclic amines) is 1. The van der Waals surface area contributed by atoms with E-state index in [1.54, 1.807) is 17.0 Å². The summed E-state index contributed by atoms with van der Waals surface area (Å²) in [7, 11) is 0. The van der Waals surface area contributed by atoms with Gasteiger partial charge in [-0.1, -0.05) is 35.9 Å². The zero-order valence-corrected chi connectivity index (χ0v) is 21.9. The first-order chi connectivity index (χ1) is 18.4. The van der Waals surface area contributed by atoms with Crippen molar-refractivity contribution in [3.05, 3.63) is 53.1 Å². The summed E-state index contributed by atoms with van der Waals surface area (Å²) in [5, 5.41) is 6.08. The molecule has 3 saturated heterocycles. The molecule has 5 rings (SSSR count). The van der Waals surface area contributed by atoms with Crippen LogP contribution in [0.4, 0.5) is 10.5 Å². The van der Waals surface area contributed by atoms with Crippen molar-refractivity contribution in [3.8, 4) is 0 Å². The maximum Gasteiger partial charge on any atom is 0.318 e. The molecule has 1 aromatic rings. The van der Waals surface area contributed by atoms with Gasteiger partial charge in [-0.15, -0.1) is 0 Å². The zero-order valence-electron chi connectivity index (χ0n) is 21.1. The molecular weight excluding hydrogens is 510 g/mol. The molecule has 2 N–H and O–H groups in total. The minimum Gasteiger partial charge on any atom is -0.370 e. The number of anilines is 1. The Hall–Kier alpha value is -3.37. The van der Waals surface area contributed by atoms with E-state index in [1.165, 1.54) is 11.0 Å². The van der Waals surface area contributed by atoms with E-state index >= 15 is 0 Å². The molecule has 1 aromatic carbocycles. The molecule has 4 aliphatic rings. The second-order valence-corrected chi connectivity index (χ2v) is 10.4. The number of nitrogens with one attached hydrogen (secondary N) is 2. The highest BCUT2D eigenvalue weighted by atomic mass is 35.5. The smallest absolute Gasteiger partial charge is 0.318 e. The Labute approximate surface area is 226 Å². The maximum atomic E-state index is 12.8. The molecule has 0 spiro atoms. The Kier molecular flexibility index (Phi) is 7.99. The van der Waals surface area contributed by atoms with Gasteiger partial charge in [-0.05, 0) is 37.5 Å². The summed E-state index contributed by atoms with van der Waals surface area (Å²) < 4.78 is 5.15. The lowest BCUT2D eigenvalue weighted by molar-refractivity contribution is -0.131. The van der Waals surface area contributed by atoms with E-state index in [0.29, 0.717) is 62.8 Å². The fourth-order valence-corrected chi connectivity index (χ4v) is 5.77. The van der Waals surface area contributed by atoms with Gasteiger partial charge in [-0.2, -0.15) is 0 Å². The van der Waals surface area contributed by atoms with Crippen molar-refractivity contribution in [1.82, 2.24) is 20.4 Å². The first-order valence-electron chi connectivity index (χ1n) is 13.1. The van der Waals surface area contributed by atoms with Crippen LogP contribution in [0.1, 0.15) is 29.6 Å². The van der Waals surface area contributed by atoms with Crippen LogP contribution in [0.15, 0.2) is 42.5 Å². The number of allylic oxidation sites excluding steroid dienone is 2. The number of hydrogen-bond donors (Lipinski definition) is 2. The summed E-state index contributed by atoms with van der Waals surface area (Å²) in [6, 6.07) is 4.80. The molecule has 10 nitrogen and oxygen atoms in total. The minimum atomic E-state index is -0.416. The van der Waals surface area contributed by atoms with E-state index in [1.807, 2.05) is 23.1 Å². The van der Waals surface area contributed by atoms with Crippen LogP contribution in [0.3, 0.4) is 0 Å². The fourth-order valence-electron chi connectivity index (χ4n) is 5.48. The summed E-state index contributed by atoms with van der Waals surface area (Å²) >= 11 is 6.36. The highest BCUT2D eigenvalue weighted by molar-refractivity contribution is 6.34. The molecule has 2 atom stereocenters. The van der Waals surface area contributed by atoms with Gasteiger partial charge >= 0.3 is 6.03 Å². The van der Waals surface area contributed by atoms with Gasteiger partial charge in [-0.25, -0.2) is 4.79 Å². The summed E-state index contributed by atoms with van der Waals surface area (Å²) in [4.78, 5) is 55.6. The quantitative estimate of drug-likeness (QED) is 0.592. The molecule has 202 valence electrons. The van der Waals surface area contributed by atoms with Gasteiger partial charge in [0.2, 0.25) is 5.91 Å². The standard InChI is InChI=1S/C27H32ClN5O5/c28-21-15-19(5-6-23(21)33-13-14-38-17-25(33)35)26(36)29-16-24(34)31-10-8-20(9-11-31)32-12-7-18-3-1-2-4-22(18)30-27(32)37/h1-6,15,18,20,22H,7-14,16-17H2,(H,29,36)(H,30,37). The summed E-state index contributed by atoms with van der Waals surface area (Å²) in [6.45, 7) is 2.45. The Morgan fingerprint density at radius 3 is 2.61 bits per heavy atom. The summed E-state index contributed by atoms with van der Waals surface area (Å²) in [6.07, 6.45) is 10.5. The Bertz CT molecular complexity index is 1160. The van der Waals surface area contributed by atoms with Crippen molar-refractivity contribution in [1.29, 1.82) is 0 Å². The number of carbonyl (C=O) groups excluding carboxylic acids is 4. The van der Waals surface area contributed by atoms with Crippen LogP contribution < -0.4 is 15.5 Å². The third kappa shape index (κ3) is 5.71. The van der Waals surface area contributed by atoms with Gasteiger partial charge < -0.3 is 30.1 Å². The highest BCUT2D eigenvalue weighted by Gasteiger charge is 2.34. The molecule has 3 aliphatic heterocycles. The zero-order chi connectivity index (χ0) is 26.6. The molecule has 11 heteroatoms. The van der Waals surface area contributed by atoms with Gasteiger partial charge in [0.25, 0.3) is 11.8 Å². The van der Waals surface area contributed by atoms with Crippen LogP contribution in [-0.4, -0.2) is 91.6 Å². The summed E-state index contributed by atoms with van der Waals surface area (Å²) in [5.74, 6) is -0.457. The number of halogens is 1. The Balaban J connectivity index is 1.10. The van der Waals surface area contributed by atoms with Gasteiger partial charge in [-0.3, -0.25) is 14.4 Å². The molecule has 3 fully saturated rings. The molecule has 5 amide bonds. The average Bonchev–Trinajstić information content (AvgIpc) is 3.10. The van der Waals surface area contributed by atoms with Crippen LogP contribution in [-0.2, 0) is 14.3 Å². The van der Waals surface area contributed by atoms with Gasteiger partial charge in [0.05, 0.1) is 29.9 Å². The fraction of sp³-hybridized carbons (Fsp3) is 0.481. The van der Waals surface area contributed by atoms with Gasteiger partial charge in [0.15, 0.2) is 0 Å². The number of amides is 5. The number of carbonyl (C=O) groups is 4. The van der Waals surface area contributed by atoms with Crippen molar-refractivity contribution in [2.45, 2.75) is 31.3 Å². The van der Waals surface area contributed by atoms with Crippen molar-refractivity contribution in [3.63, 3.8) is 0 Å². The SMILES string of the molecule is O=C(NCC(=O)N1CCC(N2CCC3C=CC=CC3NC2=O)CC1)c1ccc(N2CCOCC2=O)c(Cl)c1. The number of fused-ring (bicyclic) bond motifs is 1. The predicted molar refractivity (Wildman–Crippen MR) is 142 cm³/mol. The largest absolute Gasteiger partial charge is 0.370 e. The van der Waals surface area contributed by atoms with E-state index in [0.717, 1.165) is 6.42 Å². The number of hydrogen-bond acceptors (Lipinski definition) is 5. The maximum absolute atomic E-state index is 12.8. The molecule has 0 saturated carbocycles. The number of ether oxygens (including phenoxy) is 1. The lowest BCUT2D eigenvalue weighted by atomic mass is 9.92. The monoisotopic (exact) mass is 541 g/mol. The van der Waals surface area contributed by atoms with E-state index in [2.05, 4.69) is 16.7 Å². The van der Waals surface area contributed by atoms with Crippen LogP contribution in [0.2, 0.25) is 5.02 Å². The number of urea groups is 1. The molecule has 0 aromatic heterocycles. The molecular formula is C27H32ClN5O5. The number of morpholine rings is 1. The lowest BCUT2D eigenvalue weighted by Gasteiger charge is -2.38. The minimum absolute atomic E-state index is 0.000717. The summed E-state index contributed by atoms with van der Waals surface area (Å²) in [5.41, 5.74) is 0.837. The molecule has 0 bridgehead atoms. The predicted octanol–water partition coefficient (Wildman–Crippen LogP) is 1.95. The van der Waals surface area contributed by atoms with Crippen LogP contribution >= 0.6 is 11.6 Å². The Morgan fingerprint density at radius 2 is 1.84 bits per heavy atom.